The summed E-state index contributed by atoms with van der Waals surface area (Å²) >= 11 is 0. The highest BCUT2D eigenvalue weighted by molar-refractivity contribution is 5.82. The Morgan fingerprint density at radius 3 is 2.36 bits per heavy atom. The van der Waals surface area contributed by atoms with Gasteiger partial charge in [0.05, 0.1) is 13.7 Å². The molecule has 0 aromatic heterocycles. The zero-order chi connectivity index (χ0) is 18.8. The summed E-state index contributed by atoms with van der Waals surface area (Å²) in [6, 6.07) is 5.32. The minimum atomic E-state index is -2.43. The van der Waals surface area contributed by atoms with Crippen molar-refractivity contribution in [1.82, 2.24) is 4.90 Å². The van der Waals surface area contributed by atoms with E-state index < -0.39 is 41.6 Å². The Bertz CT molecular complexity index is 641. The van der Waals surface area contributed by atoms with Gasteiger partial charge in [0, 0.05) is 12.5 Å². The fourth-order valence-corrected chi connectivity index (χ4v) is 2.97. The van der Waals surface area contributed by atoms with Crippen LogP contribution in [0.15, 0.2) is 24.3 Å². The molecule has 0 spiro atoms. The van der Waals surface area contributed by atoms with Crippen molar-refractivity contribution in [3.8, 4) is 0 Å². The lowest BCUT2D eigenvalue weighted by molar-refractivity contribution is -0.160. The number of rotatable bonds is 2. The molecule has 1 aromatic rings. The molecular formula is C18H23F2NO4. The van der Waals surface area contributed by atoms with Crippen molar-refractivity contribution in [2.75, 3.05) is 20.2 Å². The topological polar surface area (TPSA) is 55.8 Å². The molecule has 1 heterocycles. The normalized spacial score (nSPS) is 23.9. The van der Waals surface area contributed by atoms with Crippen molar-refractivity contribution in [2.24, 2.45) is 0 Å². The quantitative estimate of drug-likeness (QED) is 0.763. The Morgan fingerprint density at radius 2 is 1.84 bits per heavy atom. The highest BCUT2D eigenvalue weighted by Gasteiger charge is 2.53. The lowest BCUT2D eigenvalue weighted by atomic mass is 9.78. The van der Waals surface area contributed by atoms with Crippen LogP contribution in [0.25, 0.3) is 0 Å². The van der Waals surface area contributed by atoms with Crippen LogP contribution in [-0.2, 0) is 14.3 Å². The Kier molecular flexibility index (Phi) is 5.34. The van der Waals surface area contributed by atoms with E-state index in [1.807, 2.05) is 0 Å². The zero-order valence-corrected chi connectivity index (χ0v) is 14.8. The summed E-state index contributed by atoms with van der Waals surface area (Å²) in [5, 5.41) is 0. The molecule has 138 valence electrons. The number of piperidine rings is 1. The number of methoxy groups -OCH3 is 1. The molecule has 0 bridgehead atoms. The minimum absolute atomic E-state index is 0.191. The van der Waals surface area contributed by atoms with E-state index in [0.717, 1.165) is 7.11 Å². The highest BCUT2D eigenvalue weighted by Crippen LogP contribution is 2.40. The largest absolute Gasteiger partial charge is 0.467 e. The number of carbonyl (C=O) groups excluding carboxylic acids is 2. The minimum Gasteiger partial charge on any atom is -0.467 e. The molecule has 0 radical (unpaired) electrons. The van der Waals surface area contributed by atoms with Gasteiger partial charge in [-0.15, -0.1) is 0 Å². The van der Waals surface area contributed by atoms with Gasteiger partial charge in [0.1, 0.15) is 11.4 Å². The maximum atomic E-state index is 15.6. The van der Waals surface area contributed by atoms with Crippen molar-refractivity contribution in [3.05, 3.63) is 35.6 Å². The van der Waals surface area contributed by atoms with E-state index in [1.54, 1.807) is 20.8 Å². The van der Waals surface area contributed by atoms with E-state index in [1.165, 1.54) is 29.2 Å². The van der Waals surface area contributed by atoms with Gasteiger partial charge >= 0.3 is 12.1 Å². The average molecular weight is 355 g/mol. The number of amides is 1. The third-order valence-electron chi connectivity index (χ3n) is 4.11. The molecule has 1 amide bonds. The van der Waals surface area contributed by atoms with Gasteiger partial charge in [-0.2, -0.15) is 0 Å². The number of carbonyl (C=O) groups is 2. The van der Waals surface area contributed by atoms with E-state index in [0.29, 0.717) is 5.56 Å². The molecule has 25 heavy (non-hydrogen) atoms. The van der Waals surface area contributed by atoms with Crippen LogP contribution in [0, 0.1) is 5.82 Å². The number of ether oxygens (including phenoxy) is 2. The molecular weight excluding hydrogens is 332 g/mol. The molecule has 1 saturated heterocycles. The molecule has 1 aliphatic rings. The standard InChI is InChI=1S/C18H23F2NO4/c1-17(2,3)25-16(23)21-10-9-14(12-5-7-13(19)8-6-12)18(20,11-21)15(22)24-4/h5-8,14H,9-11H2,1-4H3. The molecule has 7 heteroatoms. The number of nitrogens with zero attached hydrogens (tertiary/aromatic N) is 1. The van der Waals surface area contributed by atoms with Crippen molar-refractivity contribution in [1.29, 1.82) is 0 Å². The number of hydrogen-bond donors (Lipinski definition) is 0. The number of hydrogen-bond acceptors (Lipinski definition) is 4. The van der Waals surface area contributed by atoms with Gasteiger partial charge in [0.15, 0.2) is 0 Å². The maximum Gasteiger partial charge on any atom is 0.410 e. The van der Waals surface area contributed by atoms with E-state index in [-0.39, 0.29) is 13.0 Å². The summed E-state index contributed by atoms with van der Waals surface area (Å²) in [5.74, 6) is -2.34. The molecule has 0 aliphatic carbocycles. The van der Waals surface area contributed by atoms with Crippen molar-refractivity contribution in [3.63, 3.8) is 0 Å². The molecule has 0 N–H and O–H groups in total. The summed E-state index contributed by atoms with van der Waals surface area (Å²) in [6.45, 7) is 4.87. The van der Waals surface area contributed by atoms with Crippen molar-refractivity contribution >= 4 is 12.1 Å². The Balaban J connectivity index is 2.28. The zero-order valence-electron chi connectivity index (χ0n) is 14.8. The van der Waals surface area contributed by atoms with Crippen LogP contribution in [-0.4, -0.2) is 48.4 Å². The summed E-state index contributed by atoms with van der Waals surface area (Å²) < 4.78 is 38.7. The van der Waals surface area contributed by atoms with Gasteiger partial charge < -0.3 is 14.4 Å². The summed E-state index contributed by atoms with van der Waals surface area (Å²) in [7, 11) is 1.10. The van der Waals surface area contributed by atoms with Gasteiger partial charge in [-0.05, 0) is 44.9 Å². The Hall–Kier alpha value is -2.18. The lowest BCUT2D eigenvalue weighted by Crippen LogP contribution is -2.57. The second-order valence-electron chi connectivity index (χ2n) is 7.15. The first-order valence-corrected chi connectivity index (χ1v) is 8.07. The van der Waals surface area contributed by atoms with Gasteiger partial charge in [-0.3, -0.25) is 0 Å². The van der Waals surface area contributed by atoms with Gasteiger partial charge in [-0.25, -0.2) is 18.4 Å². The Labute approximate surface area is 145 Å². The maximum absolute atomic E-state index is 15.6. The Morgan fingerprint density at radius 1 is 1.24 bits per heavy atom. The lowest BCUT2D eigenvalue weighted by Gasteiger charge is -2.41. The number of likely N-dealkylation sites (tertiary alicyclic amines) is 1. The molecule has 1 aromatic carbocycles. The van der Waals surface area contributed by atoms with Crippen molar-refractivity contribution < 1.29 is 27.8 Å². The molecule has 5 nitrogen and oxygen atoms in total. The molecule has 2 atom stereocenters. The summed E-state index contributed by atoms with van der Waals surface area (Å²) in [5.41, 5.74) is -2.67. The van der Waals surface area contributed by atoms with Crippen LogP contribution in [0.2, 0.25) is 0 Å². The predicted molar refractivity (Wildman–Crippen MR) is 87.4 cm³/mol. The monoisotopic (exact) mass is 355 g/mol. The first-order chi connectivity index (χ1) is 11.6. The number of halogens is 2. The van der Waals surface area contributed by atoms with Gasteiger partial charge in [-0.1, -0.05) is 12.1 Å². The van der Waals surface area contributed by atoms with E-state index in [2.05, 4.69) is 4.74 Å². The van der Waals surface area contributed by atoms with Crippen LogP contribution in [0.4, 0.5) is 13.6 Å². The third-order valence-corrected chi connectivity index (χ3v) is 4.11. The number of benzene rings is 1. The van der Waals surface area contributed by atoms with Crippen LogP contribution in [0.1, 0.15) is 38.7 Å². The fourth-order valence-electron chi connectivity index (χ4n) is 2.97. The molecule has 2 rings (SSSR count). The van der Waals surface area contributed by atoms with Crippen LogP contribution in [0.3, 0.4) is 0 Å². The summed E-state index contributed by atoms with van der Waals surface area (Å²) in [6.07, 6.45) is -0.493. The SMILES string of the molecule is COC(=O)C1(F)CN(C(=O)OC(C)(C)C)CCC1c1ccc(F)cc1. The van der Waals surface area contributed by atoms with Crippen LogP contribution >= 0.6 is 0 Å². The van der Waals surface area contributed by atoms with Gasteiger partial charge in [0.2, 0.25) is 5.67 Å². The van der Waals surface area contributed by atoms with E-state index >= 15 is 4.39 Å². The first kappa shape index (κ1) is 19.1. The second kappa shape index (κ2) is 6.98. The molecule has 2 unspecified atom stereocenters. The fraction of sp³-hybridized carbons (Fsp3) is 0.556. The average Bonchev–Trinajstić information content (AvgIpc) is 2.53. The molecule has 1 aliphatic heterocycles. The molecule has 1 fully saturated rings. The van der Waals surface area contributed by atoms with Gasteiger partial charge in [0.25, 0.3) is 0 Å². The highest BCUT2D eigenvalue weighted by atomic mass is 19.1. The van der Waals surface area contributed by atoms with Crippen molar-refractivity contribution in [2.45, 2.75) is 44.4 Å². The van der Waals surface area contributed by atoms with E-state index in [9.17, 15) is 14.0 Å². The first-order valence-electron chi connectivity index (χ1n) is 8.07. The van der Waals surface area contributed by atoms with Crippen LogP contribution in [0.5, 0.6) is 0 Å². The number of alkyl halides is 1. The third kappa shape index (κ3) is 4.27. The van der Waals surface area contributed by atoms with Crippen LogP contribution < -0.4 is 0 Å². The summed E-state index contributed by atoms with van der Waals surface area (Å²) in [4.78, 5) is 25.5. The van der Waals surface area contributed by atoms with E-state index in [4.69, 9.17) is 4.74 Å². The second-order valence-corrected chi connectivity index (χ2v) is 7.15. The molecule has 0 saturated carbocycles. The predicted octanol–water partition coefficient (Wildman–Crippen LogP) is 3.43. The number of esters is 1. The smallest absolute Gasteiger partial charge is 0.410 e.